The largest absolute Gasteiger partial charge is 0.469 e. The monoisotopic (exact) mass is 212 g/mol. The lowest BCUT2D eigenvalue weighted by Gasteiger charge is -2.17. The van der Waals surface area contributed by atoms with E-state index < -0.39 is 0 Å². The molecule has 2 fully saturated rings. The van der Waals surface area contributed by atoms with Gasteiger partial charge in [0.05, 0.1) is 18.6 Å². The van der Waals surface area contributed by atoms with E-state index in [1.54, 1.807) is 7.11 Å². The Bertz CT molecular complexity index is 276. The maximum absolute atomic E-state index is 11.7. The molecule has 86 valence electrons. The predicted molar refractivity (Wildman–Crippen MR) is 56.4 cm³/mol. The summed E-state index contributed by atoms with van der Waals surface area (Å²) in [5.74, 6) is -0.137. The number of rotatable bonds is 2. The Morgan fingerprint density at radius 2 is 1.87 bits per heavy atom. The number of esters is 1. The fourth-order valence-electron chi connectivity index (χ4n) is 3.59. The lowest BCUT2D eigenvalue weighted by Crippen LogP contribution is -2.21. The first-order valence-corrected chi connectivity index (χ1v) is 5.75. The SMILES string of the molecule is COC(=O)C1[C@@]2(C)CCCCC[C@@]12OC. The van der Waals surface area contributed by atoms with Gasteiger partial charge in [0.15, 0.2) is 0 Å². The van der Waals surface area contributed by atoms with Gasteiger partial charge >= 0.3 is 5.97 Å². The number of ether oxygens (including phenoxy) is 2. The number of methoxy groups -OCH3 is 2. The lowest BCUT2D eigenvalue weighted by atomic mass is 9.97. The summed E-state index contributed by atoms with van der Waals surface area (Å²) in [6.45, 7) is 2.17. The lowest BCUT2D eigenvalue weighted by molar-refractivity contribution is -0.144. The van der Waals surface area contributed by atoms with Crippen molar-refractivity contribution in [1.82, 2.24) is 0 Å². The van der Waals surface area contributed by atoms with Gasteiger partial charge in [0, 0.05) is 12.5 Å². The van der Waals surface area contributed by atoms with Gasteiger partial charge in [-0.05, 0) is 12.8 Å². The molecule has 0 N–H and O–H groups in total. The molecule has 2 saturated carbocycles. The van der Waals surface area contributed by atoms with Gasteiger partial charge in [-0.15, -0.1) is 0 Å². The molecule has 0 amide bonds. The summed E-state index contributed by atoms with van der Waals surface area (Å²) < 4.78 is 10.6. The summed E-state index contributed by atoms with van der Waals surface area (Å²) in [4.78, 5) is 11.7. The van der Waals surface area contributed by atoms with Crippen LogP contribution < -0.4 is 0 Å². The van der Waals surface area contributed by atoms with Crippen LogP contribution in [0.25, 0.3) is 0 Å². The number of hydrogen-bond donors (Lipinski definition) is 0. The van der Waals surface area contributed by atoms with Gasteiger partial charge in [0.2, 0.25) is 0 Å². The first-order valence-electron chi connectivity index (χ1n) is 5.75. The Balaban J connectivity index is 2.25. The second kappa shape index (κ2) is 3.48. The molecule has 0 saturated heterocycles. The second-order valence-corrected chi connectivity index (χ2v) is 5.03. The van der Waals surface area contributed by atoms with E-state index in [9.17, 15) is 4.79 Å². The normalized spacial score (nSPS) is 44.1. The molecule has 0 radical (unpaired) electrons. The van der Waals surface area contributed by atoms with E-state index in [2.05, 4.69) is 6.92 Å². The molecule has 15 heavy (non-hydrogen) atoms. The molecule has 1 unspecified atom stereocenters. The zero-order valence-electron chi connectivity index (χ0n) is 9.84. The maximum Gasteiger partial charge on any atom is 0.312 e. The second-order valence-electron chi connectivity index (χ2n) is 5.03. The Morgan fingerprint density at radius 3 is 2.47 bits per heavy atom. The van der Waals surface area contributed by atoms with Crippen LogP contribution in [0.5, 0.6) is 0 Å². The van der Waals surface area contributed by atoms with Crippen molar-refractivity contribution < 1.29 is 14.3 Å². The van der Waals surface area contributed by atoms with E-state index in [-0.39, 0.29) is 22.9 Å². The first kappa shape index (κ1) is 10.9. The maximum atomic E-state index is 11.7. The van der Waals surface area contributed by atoms with Crippen LogP contribution in [0.4, 0.5) is 0 Å². The Hall–Kier alpha value is -0.570. The van der Waals surface area contributed by atoms with Gasteiger partial charge in [0.1, 0.15) is 0 Å². The Morgan fingerprint density at radius 1 is 1.20 bits per heavy atom. The quantitative estimate of drug-likeness (QED) is 0.658. The molecule has 3 atom stereocenters. The Labute approximate surface area is 91.1 Å². The highest BCUT2D eigenvalue weighted by atomic mass is 16.5. The van der Waals surface area contributed by atoms with E-state index in [1.807, 2.05) is 0 Å². The van der Waals surface area contributed by atoms with Crippen molar-refractivity contribution in [2.24, 2.45) is 11.3 Å². The fourth-order valence-corrected chi connectivity index (χ4v) is 3.59. The van der Waals surface area contributed by atoms with Gasteiger partial charge in [-0.25, -0.2) is 0 Å². The summed E-state index contributed by atoms with van der Waals surface area (Å²) in [6, 6.07) is 0. The van der Waals surface area contributed by atoms with E-state index in [0.717, 1.165) is 19.3 Å². The van der Waals surface area contributed by atoms with Crippen LogP contribution in [0, 0.1) is 11.3 Å². The Kier molecular flexibility index (Phi) is 2.53. The topological polar surface area (TPSA) is 35.5 Å². The van der Waals surface area contributed by atoms with Crippen LogP contribution in [-0.2, 0) is 14.3 Å². The summed E-state index contributed by atoms with van der Waals surface area (Å²) >= 11 is 0. The van der Waals surface area contributed by atoms with Gasteiger partial charge in [-0.1, -0.05) is 26.2 Å². The fraction of sp³-hybridized carbons (Fsp3) is 0.917. The average molecular weight is 212 g/mol. The third kappa shape index (κ3) is 1.25. The minimum absolute atomic E-state index is 0.0192. The van der Waals surface area contributed by atoms with Crippen LogP contribution in [0.15, 0.2) is 0 Å². The number of fused-ring (bicyclic) bond motifs is 1. The number of carbonyl (C=O) groups is 1. The molecule has 0 aromatic rings. The predicted octanol–water partition coefficient (Wildman–Crippen LogP) is 2.14. The van der Waals surface area contributed by atoms with Crippen LogP contribution >= 0.6 is 0 Å². The van der Waals surface area contributed by atoms with Crippen molar-refractivity contribution in [3.63, 3.8) is 0 Å². The van der Waals surface area contributed by atoms with Crippen LogP contribution in [0.2, 0.25) is 0 Å². The van der Waals surface area contributed by atoms with Crippen LogP contribution in [-0.4, -0.2) is 25.8 Å². The molecular weight excluding hydrogens is 192 g/mol. The summed E-state index contributed by atoms with van der Waals surface area (Å²) in [6.07, 6.45) is 5.71. The van der Waals surface area contributed by atoms with E-state index in [1.165, 1.54) is 20.0 Å². The highest BCUT2D eigenvalue weighted by Gasteiger charge is 2.77. The van der Waals surface area contributed by atoms with Crippen LogP contribution in [0.3, 0.4) is 0 Å². The van der Waals surface area contributed by atoms with Crippen molar-refractivity contribution in [2.45, 2.75) is 44.6 Å². The minimum Gasteiger partial charge on any atom is -0.469 e. The zero-order chi connectivity index (χ0) is 11.1. The average Bonchev–Trinajstić information content (AvgIpc) is 2.80. The standard InChI is InChI=1S/C12H20O3/c1-11-7-5-4-6-8-12(11,15-3)9(11)10(13)14-2/h9H,4-8H2,1-3H3/t9?,11-,12-/m1/s1. The third-order valence-corrected chi connectivity index (χ3v) is 4.53. The molecule has 3 nitrogen and oxygen atoms in total. The summed E-state index contributed by atoms with van der Waals surface area (Å²) in [5.41, 5.74) is -0.206. The molecule has 0 aromatic heterocycles. The molecule has 2 aliphatic carbocycles. The summed E-state index contributed by atoms with van der Waals surface area (Å²) in [5, 5.41) is 0. The zero-order valence-corrected chi connectivity index (χ0v) is 9.84. The molecule has 0 aliphatic heterocycles. The van der Waals surface area contributed by atoms with Crippen molar-refractivity contribution >= 4 is 5.97 Å². The number of carbonyl (C=O) groups excluding carboxylic acids is 1. The highest BCUT2D eigenvalue weighted by Crippen LogP contribution is 2.70. The molecular formula is C12H20O3. The molecule has 2 rings (SSSR count). The minimum atomic E-state index is -0.226. The molecule has 0 bridgehead atoms. The first-order chi connectivity index (χ1) is 7.12. The summed E-state index contributed by atoms with van der Waals surface area (Å²) in [7, 11) is 3.19. The van der Waals surface area contributed by atoms with E-state index in [0.29, 0.717) is 0 Å². The smallest absolute Gasteiger partial charge is 0.312 e. The van der Waals surface area contributed by atoms with Crippen LogP contribution in [0.1, 0.15) is 39.0 Å². The number of hydrogen-bond acceptors (Lipinski definition) is 3. The highest BCUT2D eigenvalue weighted by molar-refractivity contribution is 5.80. The molecule has 0 spiro atoms. The molecule has 0 aromatic carbocycles. The van der Waals surface area contributed by atoms with Crippen molar-refractivity contribution in [1.29, 1.82) is 0 Å². The molecule has 2 aliphatic rings. The van der Waals surface area contributed by atoms with E-state index in [4.69, 9.17) is 9.47 Å². The van der Waals surface area contributed by atoms with E-state index >= 15 is 0 Å². The van der Waals surface area contributed by atoms with Gasteiger partial charge < -0.3 is 9.47 Å². The van der Waals surface area contributed by atoms with Crippen molar-refractivity contribution in [3.8, 4) is 0 Å². The van der Waals surface area contributed by atoms with Gasteiger partial charge in [-0.2, -0.15) is 0 Å². The van der Waals surface area contributed by atoms with Gasteiger partial charge in [-0.3, -0.25) is 4.79 Å². The molecule has 0 heterocycles. The van der Waals surface area contributed by atoms with Crippen molar-refractivity contribution in [2.75, 3.05) is 14.2 Å². The van der Waals surface area contributed by atoms with Crippen molar-refractivity contribution in [3.05, 3.63) is 0 Å². The third-order valence-electron chi connectivity index (χ3n) is 4.53. The van der Waals surface area contributed by atoms with Gasteiger partial charge in [0.25, 0.3) is 0 Å². The molecule has 3 heteroatoms.